The van der Waals surface area contributed by atoms with Gasteiger partial charge in [-0.25, -0.2) is 9.78 Å². The maximum Gasteiger partial charge on any atom is 0.362 e. The zero-order chi connectivity index (χ0) is 18.5. The van der Waals surface area contributed by atoms with Crippen LogP contribution in [0.15, 0.2) is 34.7 Å². The molecule has 134 valence electrons. The molecule has 0 unspecified atom stereocenters. The third-order valence-corrected chi connectivity index (χ3v) is 4.09. The molecule has 0 saturated carbocycles. The van der Waals surface area contributed by atoms with E-state index in [1.165, 1.54) is 0 Å². The molecule has 9 heteroatoms. The van der Waals surface area contributed by atoms with E-state index in [0.29, 0.717) is 17.3 Å². The summed E-state index contributed by atoms with van der Waals surface area (Å²) in [4.78, 5) is 28.5. The van der Waals surface area contributed by atoms with Crippen molar-refractivity contribution in [3.63, 3.8) is 0 Å². The van der Waals surface area contributed by atoms with Gasteiger partial charge < -0.3 is 14.5 Å². The van der Waals surface area contributed by atoms with Gasteiger partial charge in [-0.3, -0.25) is 4.79 Å². The minimum atomic E-state index is -0.625. The molecule has 0 saturated heterocycles. The molecule has 2 aromatic heterocycles. The molecule has 3 rings (SSSR count). The van der Waals surface area contributed by atoms with Gasteiger partial charge in [0.15, 0.2) is 5.00 Å². The topological polar surface area (TPSA) is 107 Å². The van der Waals surface area contributed by atoms with Crippen LogP contribution in [-0.2, 0) is 16.0 Å². The maximum atomic E-state index is 12.3. The van der Waals surface area contributed by atoms with Crippen molar-refractivity contribution >= 4 is 28.4 Å². The molecule has 3 aromatic rings. The zero-order valence-corrected chi connectivity index (χ0v) is 15.0. The zero-order valence-electron chi connectivity index (χ0n) is 14.2. The third kappa shape index (κ3) is 3.94. The highest BCUT2D eigenvalue weighted by Gasteiger charge is 2.21. The number of rotatable bonds is 6. The van der Waals surface area contributed by atoms with Crippen molar-refractivity contribution in [2.24, 2.45) is 0 Å². The first-order valence-electron chi connectivity index (χ1n) is 7.89. The molecule has 0 atom stereocenters. The highest BCUT2D eigenvalue weighted by molar-refractivity contribution is 7.10. The Balaban J connectivity index is 1.71. The molecule has 0 radical (unpaired) electrons. The van der Waals surface area contributed by atoms with Gasteiger partial charge in [-0.05, 0) is 26.0 Å². The van der Waals surface area contributed by atoms with Gasteiger partial charge in [-0.15, -0.1) is 5.10 Å². The average Bonchev–Trinajstić information content (AvgIpc) is 3.23. The Bertz CT molecular complexity index is 920. The Labute approximate surface area is 153 Å². The predicted molar refractivity (Wildman–Crippen MR) is 94.9 cm³/mol. The lowest BCUT2D eigenvalue weighted by Crippen LogP contribution is -2.17. The number of carbonyl (C=O) groups is 2. The molecule has 0 fully saturated rings. The Hall–Kier alpha value is -3.07. The minimum absolute atomic E-state index is 0.00231. The van der Waals surface area contributed by atoms with Crippen molar-refractivity contribution in [3.8, 4) is 11.5 Å². The molecule has 0 aliphatic carbocycles. The van der Waals surface area contributed by atoms with Crippen molar-refractivity contribution in [2.45, 2.75) is 20.3 Å². The van der Waals surface area contributed by atoms with Crippen LogP contribution in [0.5, 0.6) is 0 Å². The normalized spacial score (nSPS) is 10.5. The van der Waals surface area contributed by atoms with Crippen LogP contribution >= 0.6 is 11.5 Å². The second kappa shape index (κ2) is 7.87. The number of esters is 1. The number of nitrogens with one attached hydrogen (secondary N) is 1. The summed E-state index contributed by atoms with van der Waals surface area (Å²) >= 11 is 0.911. The molecule has 0 aliphatic rings. The number of hydrogen-bond donors (Lipinski definition) is 1. The van der Waals surface area contributed by atoms with Crippen LogP contribution in [0.3, 0.4) is 0 Å². The first kappa shape index (κ1) is 17.7. The van der Waals surface area contributed by atoms with Gasteiger partial charge in [0.1, 0.15) is 5.76 Å². The standard InChI is InChI=1S/C17H16N4O4S/c1-3-24-17(23)14-16(26-21-20-14)19-13(22)9-12-10(2)25-15(18-12)11-7-5-4-6-8-11/h4-8H,3,9H2,1-2H3,(H,19,22). The highest BCUT2D eigenvalue weighted by Crippen LogP contribution is 2.23. The number of amides is 1. The number of benzene rings is 1. The fourth-order valence-electron chi connectivity index (χ4n) is 2.22. The molecule has 1 N–H and O–H groups in total. The summed E-state index contributed by atoms with van der Waals surface area (Å²) in [5.74, 6) is 0.0442. The second-order valence-electron chi connectivity index (χ2n) is 5.28. The number of carbonyl (C=O) groups excluding carboxylic acids is 2. The molecular weight excluding hydrogens is 356 g/mol. The fraction of sp³-hybridized carbons (Fsp3) is 0.235. The van der Waals surface area contributed by atoms with Crippen LogP contribution in [0.2, 0.25) is 0 Å². The molecule has 0 aliphatic heterocycles. The van der Waals surface area contributed by atoms with Gasteiger partial charge in [0.25, 0.3) is 0 Å². The third-order valence-electron chi connectivity index (χ3n) is 3.45. The van der Waals surface area contributed by atoms with Crippen LogP contribution in [0.1, 0.15) is 28.9 Å². The number of nitrogens with zero attached hydrogens (tertiary/aromatic N) is 3. The van der Waals surface area contributed by atoms with Crippen LogP contribution in [-0.4, -0.2) is 33.1 Å². The minimum Gasteiger partial charge on any atom is -0.461 e. The van der Waals surface area contributed by atoms with E-state index in [-0.39, 0.29) is 29.6 Å². The van der Waals surface area contributed by atoms with E-state index >= 15 is 0 Å². The summed E-state index contributed by atoms with van der Waals surface area (Å²) in [6.07, 6.45) is 0.00231. The summed E-state index contributed by atoms with van der Waals surface area (Å²) in [6.45, 7) is 3.65. The Morgan fingerprint density at radius 1 is 1.27 bits per heavy atom. The lowest BCUT2D eigenvalue weighted by atomic mass is 10.2. The van der Waals surface area contributed by atoms with Gasteiger partial charge >= 0.3 is 5.97 Å². The van der Waals surface area contributed by atoms with Crippen LogP contribution in [0.25, 0.3) is 11.5 Å². The first-order valence-corrected chi connectivity index (χ1v) is 8.67. The van der Waals surface area contributed by atoms with Crippen LogP contribution < -0.4 is 5.32 Å². The first-order chi connectivity index (χ1) is 12.6. The number of aromatic nitrogens is 3. The number of hydrogen-bond acceptors (Lipinski definition) is 8. The molecule has 26 heavy (non-hydrogen) atoms. The van der Waals surface area contributed by atoms with E-state index in [4.69, 9.17) is 9.15 Å². The smallest absolute Gasteiger partial charge is 0.362 e. The molecule has 0 spiro atoms. The van der Waals surface area contributed by atoms with E-state index in [1.807, 2.05) is 30.3 Å². The van der Waals surface area contributed by atoms with Crippen molar-refractivity contribution < 1.29 is 18.7 Å². The maximum absolute atomic E-state index is 12.3. The SMILES string of the molecule is CCOC(=O)c1nnsc1NC(=O)Cc1nc(-c2ccccc2)oc1C. The number of ether oxygens (including phenoxy) is 1. The molecule has 2 heterocycles. The second-order valence-corrected chi connectivity index (χ2v) is 6.04. The van der Waals surface area contributed by atoms with E-state index < -0.39 is 5.97 Å². The Morgan fingerprint density at radius 2 is 2.04 bits per heavy atom. The monoisotopic (exact) mass is 372 g/mol. The van der Waals surface area contributed by atoms with Gasteiger partial charge in [0.2, 0.25) is 17.5 Å². The number of aryl methyl sites for hydroxylation is 1. The van der Waals surface area contributed by atoms with Gasteiger partial charge in [-0.2, -0.15) is 0 Å². The summed E-state index contributed by atoms with van der Waals surface area (Å²) in [7, 11) is 0. The number of anilines is 1. The molecule has 1 amide bonds. The summed E-state index contributed by atoms with van der Waals surface area (Å²) in [5.41, 5.74) is 1.35. The molecule has 8 nitrogen and oxygen atoms in total. The Kier molecular flexibility index (Phi) is 5.37. The lowest BCUT2D eigenvalue weighted by Gasteiger charge is -2.03. The van der Waals surface area contributed by atoms with E-state index in [0.717, 1.165) is 17.1 Å². The summed E-state index contributed by atoms with van der Waals surface area (Å²) in [6, 6.07) is 9.43. The van der Waals surface area contributed by atoms with Crippen molar-refractivity contribution in [2.75, 3.05) is 11.9 Å². The predicted octanol–water partition coefficient (Wildman–Crippen LogP) is 2.86. The molecular formula is C17H16N4O4S. The average molecular weight is 372 g/mol. The van der Waals surface area contributed by atoms with Crippen LogP contribution in [0, 0.1) is 6.92 Å². The van der Waals surface area contributed by atoms with Gasteiger partial charge in [-0.1, -0.05) is 22.7 Å². The largest absolute Gasteiger partial charge is 0.461 e. The van der Waals surface area contributed by atoms with E-state index in [9.17, 15) is 9.59 Å². The highest BCUT2D eigenvalue weighted by atomic mass is 32.1. The van der Waals surface area contributed by atoms with Crippen molar-refractivity contribution in [1.29, 1.82) is 0 Å². The molecule has 0 bridgehead atoms. The van der Waals surface area contributed by atoms with Crippen LogP contribution in [0.4, 0.5) is 5.00 Å². The fourth-order valence-corrected chi connectivity index (χ4v) is 2.80. The molecule has 1 aromatic carbocycles. The summed E-state index contributed by atoms with van der Waals surface area (Å²) < 4.78 is 14.2. The van der Waals surface area contributed by atoms with E-state index in [2.05, 4.69) is 19.9 Å². The number of oxazole rings is 1. The van der Waals surface area contributed by atoms with E-state index in [1.54, 1.807) is 13.8 Å². The quantitative estimate of drug-likeness (QED) is 0.663. The van der Waals surface area contributed by atoms with Gasteiger partial charge in [0.05, 0.1) is 18.7 Å². The van der Waals surface area contributed by atoms with Crippen molar-refractivity contribution in [1.82, 2.24) is 14.6 Å². The Morgan fingerprint density at radius 3 is 2.77 bits per heavy atom. The lowest BCUT2D eigenvalue weighted by molar-refractivity contribution is -0.115. The van der Waals surface area contributed by atoms with Gasteiger partial charge in [0, 0.05) is 17.1 Å². The van der Waals surface area contributed by atoms with Crippen molar-refractivity contribution in [3.05, 3.63) is 47.5 Å². The summed E-state index contributed by atoms with van der Waals surface area (Å²) in [5, 5.41) is 6.58.